The third kappa shape index (κ3) is 3.75. The van der Waals surface area contributed by atoms with Crippen LogP contribution in [0, 0.1) is 17.2 Å². The average Bonchev–Trinajstić information content (AvgIpc) is 2.23. The highest BCUT2D eigenvalue weighted by molar-refractivity contribution is 5.75. The van der Waals surface area contributed by atoms with Crippen molar-refractivity contribution in [3.63, 3.8) is 0 Å². The van der Waals surface area contributed by atoms with Crippen molar-refractivity contribution in [3.8, 4) is 6.07 Å². The van der Waals surface area contributed by atoms with Crippen molar-refractivity contribution in [2.45, 2.75) is 26.8 Å². The summed E-state index contributed by atoms with van der Waals surface area (Å²) in [6, 6.07) is 1.87. The number of esters is 1. The summed E-state index contributed by atoms with van der Waals surface area (Å²) in [5.74, 6) is -0.320. The Hall–Kier alpha value is -1.08. The molecule has 0 bridgehead atoms. The molecule has 14 heavy (non-hydrogen) atoms. The van der Waals surface area contributed by atoms with E-state index >= 15 is 0 Å². The van der Waals surface area contributed by atoms with E-state index in [9.17, 15) is 4.79 Å². The van der Waals surface area contributed by atoms with Crippen LogP contribution < -0.4 is 0 Å². The fourth-order valence-electron chi connectivity index (χ4n) is 1.27. The minimum atomic E-state index is -0.277. The Morgan fingerprint density at radius 3 is 2.50 bits per heavy atom. The second-order valence-electron chi connectivity index (χ2n) is 3.32. The maximum absolute atomic E-state index is 11.2. The van der Waals surface area contributed by atoms with Crippen LogP contribution in [0.15, 0.2) is 0 Å². The summed E-state index contributed by atoms with van der Waals surface area (Å²) < 4.78 is 4.65. The van der Waals surface area contributed by atoms with Gasteiger partial charge in [-0.3, -0.25) is 9.69 Å². The number of ether oxygens (including phenoxy) is 1. The van der Waals surface area contributed by atoms with Crippen LogP contribution in [0.3, 0.4) is 0 Å². The lowest BCUT2D eigenvalue weighted by Crippen LogP contribution is -2.41. The third-order valence-electron chi connectivity index (χ3n) is 2.22. The molecular weight excluding hydrogens is 180 g/mol. The normalized spacial score (nSPS) is 14.6. The standard InChI is InChI=1S/C10H18N2O2/c1-5-12(7-8(2)6-11)9(3)10(13)14-4/h8-9H,5,7H2,1-4H3. The van der Waals surface area contributed by atoms with E-state index in [-0.39, 0.29) is 17.9 Å². The molecule has 0 amide bonds. The Morgan fingerprint density at radius 1 is 1.57 bits per heavy atom. The second-order valence-corrected chi connectivity index (χ2v) is 3.32. The molecule has 0 saturated heterocycles. The van der Waals surface area contributed by atoms with Gasteiger partial charge in [-0.2, -0.15) is 5.26 Å². The topological polar surface area (TPSA) is 53.3 Å². The van der Waals surface area contributed by atoms with Crippen LogP contribution in [0.5, 0.6) is 0 Å². The fourth-order valence-corrected chi connectivity index (χ4v) is 1.27. The summed E-state index contributed by atoms with van der Waals surface area (Å²) in [5, 5.41) is 8.66. The summed E-state index contributed by atoms with van der Waals surface area (Å²) in [4.78, 5) is 13.2. The van der Waals surface area contributed by atoms with Crippen molar-refractivity contribution < 1.29 is 9.53 Å². The van der Waals surface area contributed by atoms with Crippen molar-refractivity contribution in [2.24, 2.45) is 5.92 Å². The summed E-state index contributed by atoms with van der Waals surface area (Å²) >= 11 is 0. The van der Waals surface area contributed by atoms with Gasteiger partial charge in [-0.05, 0) is 20.4 Å². The molecule has 0 aromatic rings. The maximum Gasteiger partial charge on any atom is 0.322 e. The Balaban J connectivity index is 4.27. The molecule has 4 heteroatoms. The lowest BCUT2D eigenvalue weighted by molar-refractivity contribution is -0.146. The molecule has 0 saturated carbocycles. The molecule has 0 rings (SSSR count). The second kappa shape index (κ2) is 6.39. The van der Waals surface area contributed by atoms with E-state index in [4.69, 9.17) is 5.26 Å². The van der Waals surface area contributed by atoms with Crippen molar-refractivity contribution in [1.29, 1.82) is 5.26 Å². The number of likely N-dealkylation sites (N-methyl/N-ethyl adjacent to an activating group) is 1. The number of hydrogen-bond donors (Lipinski definition) is 0. The largest absolute Gasteiger partial charge is 0.468 e. The maximum atomic E-state index is 11.2. The molecule has 0 radical (unpaired) electrons. The van der Waals surface area contributed by atoms with E-state index in [0.717, 1.165) is 6.54 Å². The van der Waals surface area contributed by atoms with E-state index in [0.29, 0.717) is 6.54 Å². The quantitative estimate of drug-likeness (QED) is 0.619. The van der Waals surface area contributed by atoms with E-state index in [2.05, 4.69) is 10.8 Å². The lowest BCUT2D eigenvalue weighted by Gasteiger charge is -2.26. The van der Waals surface area contributed by atoms with Gasteiger partial charge in [0.15, 0.2) is 0 Å². The monoisotopic (exact) mass is 198 g/mol. The first-order chi connectivity index (χ1) is 6.56. The third-order valence-corrected chi connectivity index (χ3v) is 2.22. The van der Waals surface area contributed by atoms with E-state index in [1.807, 2.05) is 18.7 Å². The molecule has 0 aromatic heterocycles. The van der Waals surface area contributed by atoms with Gasteiger partial charge in [0, 0.05) is 6.54 Å². The molecule has 0 aliphatic carbocycles. The van der Waals surface area contributed by atoms with Gasteiger partial charge in [0.2, 0.25) is 0 Å². The van der Waals surface area contributed by atoms with E-state index < -0.39 is 0 Å². The van der Waals surface area contributed by atoms with Gasteiger partial charge in [0.05, 0.1) is 19.1 Å². The van der Waals surface area contributed by atoms with Crippen molar-refractivity contribution in [2.75, 3.05) is 20.2 Å². The summed E-state index contributed by atoms with van der Waals surface area (Å²) in [6.45, 7) is 6.93. The average molecular weight is 198 g/mol. The zero-order chi connectivity index (χ0) is 11.1. The van der Waals surface area contributed by atoms with Gasteiger partial charge >= 0.3 is 5.97 Å². The minimum Gasteiger partial charge on any atom is -0.468 e. The van der Waals surface area contributed by atoms with E-state index in [1.54, 1.807) is 6.92 Å². The molecule has 2 atom stereocenters. The van der Waals surface area contributed by atoms with Gasteiger partial charge in [0.1, 0.15) is 6.04 Å². The van der Waals surface area contributed by atoms with Gasteiger partial charge in [-0.25, -0.2) is 0 Å². The predicted molar refractivity (Wildman–Crippen MR) is 53.5 cm³/mol. The fraction of sp³-hybridized carbons (Fsp3) is 0.800. The molecule has 0 N–H and O–H groups in total. The van der Waals surface area contributed by atoms with Gasteiger partial charge < -0.3 is 4.74 Å². The smallest absolute Gasteiger partial charge is 0.322 e. The van der Waals surface area contributed by atoms with Gasteiger partial charge in [-0.1, -0.05) is 6.92 Å². The summed E-state index contributed by atoms with van der Waals surface area (Å²) in [5.41, 5.74) is 0. The molecule has 4 nitrogen and oxygen atoms in total. The zero-order valence-corrected chi connectivity index (χ0v) is 9.28. The Bertz CT molecular complexity index is 223. The van der Waals surface area contributed by atoms with Crippen LogP contribution in [0.2, 0.25) is 0 Å². The number of methoxy groups -OCH3 is 1. The SMILES string of the molecule is CCN(CC(C)C#N)C(C)C(=O)OC. The number of carbonyl (C=O) groups excluding carboxylic acids is 1. The molecule has 0 heterocycles. The first-order valence-electron chi connectivity index (χ1n) is 4.78. The molecule has 0 aromatic carbocycles. The molecular formula is C10H18N2O2. The van der Waals surface area contributed by atoms with Crippen LogP contribution in [0.4, 0.5) is 0 Å². The van der Waals surface area contributed by atoms with Crippen molar-refractivity contribution in [3.05, 3.63) is 0 Å². The van der Waals surface area contributed by atoms with Gasteiger partial charge in [-0.15, -0.1) is 0 Å². The van der Waals surface area contributed by atoms with E-state index in [1.165, 1.54) is 7.11 Å². The molecule has 2 unspecified atom stereocenters. The molecule has 0 aliphatic rings. The highest BCUT2D eigenvalue weighted by Crippen LogP contribution is 2.05. The van der Waals surface area contributed by atoms with Crippen molar-refractivity contribution in [1.82, 2.24) is 4.90 Å². The van der Waals surface area contributed by atoms with Crippen LogP contribution >= 0.6 is 0 Å². The Labute approximate surface area is 85.5 Å². The number of hydrogen-bond acceptors (Lipinski definition) is 4. The lowest BCUT2D eigenvalue weighted by atomic mass is 10.1. The minimum absolute atomic E-state index is 0.0675. The van der Waals surface area contributed by atoms with Crippen LogP contribution in [0.1, 0.15) is 20.8 Å². The van der Waals surface area contributed by atoms with Crippen molar-refractivity contribution >= 4 is 5.97 Å². The summed E-state index contributed by atoms with van der Waals surface area (Å²) in [7, 11) is 1.38. The number of nitrogens with zero attached hydrogens (tertiary/aromatic N) is 2. The Morgan fingerprint density at radius 2 is 2.14 bits per heavy atom. The molecule has 0 fully saturated rings. The predicted octanol–water partition coefficient (Wildman–Crippen LogP) is 1.03. The first kappa shape index (κ1) is 12.9. The van der Waals surface area contributed by atoms with Crippen LogP contribution in [-0.2, 0) is 9.53 Å². The number of carbonyl (C=O) groups is 1. The van der Waals surface area contributed by atoms with Crippen LogP contribution in [0.25, 0.3) is 0 Å². The molecule has 0 spiro atoms. The molecule has 80 valence electrons. The Kier molecular flexibility index (Phi) is 5.89. The zero-order valence-electron chi connectivity index (χ0n) is 9.28. The number of nitriles is 1. The summed E-state index contributed by atoms with van der Waals surface area (Å²) in [6.07, 6.45) is 0. The highest BCUT2D eigenvalue weighted by Gasteiger charge is 2.21. The number of rotatable bonds is 5. The highest BCUT2D eigenvalue weighted by atomic mass is 16.5. The molecule has 0 aliphatic heterocycles. The first-order valence-corrected chi connectivity index (χ1v) is 4.78. The van der Waals surface area contributed by atoms with Gasteiger partial charge in [0.25, 0.3) is 0 Å². The van der Waals surface area contributed by atoms with Crippen LogP contribution in [-0.4, -0.2) is 37.1 Å².